The van der Waals surface area contributed by atoms with Gasteiger partial charge in [0.05, 0.1) is 12.7 Å². The van der Waals surface area contributed by atoms with E-state index in [1.807, 2.05) is 6.92 Å². The number of hydrogen-bond acceptors (Lipinski definition) is 2. The van der Waals surface area contributed by atoms with Crippen molar-refractivity contribution in [2.75, 3.05) is 6.61 Å². The maximum Gasteiger partial charge on any atom is 0.0780 e. The lowest BCUT2D eigenvalue weighted by Crippen LogP contribution is -2.10. The van der Waals surface area contributed by atoms with Crippen molar-refractivity contribution in [2.45, 2.75) is 32.3 Å². The highest BCUT2D eigenvalue weighted by Crippen LogP contribution is 1.93. The molecule has 0 aliphatic carbocycles. The molecule has 0 bridgehead atoms. The van der Waals surface area contributed by atoms with Gasteiger partial charge in [-0.25, -0.2) is 0 Å². The summed E-state index contributed by atoms with van der Waals surface area (Å²) in [5.74, 6) is 5.76. The predicted octanol–water partition coefficient (Wildman–Crippen LogP) is 0.533. The van der Waals surface area contributed by atoms with E-state index in [2.05, 4.69) is 11.8 Å². The van der Waals surface area contributed by atoms with Crippen LogP contribution in [-0.4, -0.2) is 22.9 Å². The van der Waals surface area contributed by atoms with Crippen LogP contribution in [0.3, 0.4) is 0 Å². The molecule has 0 rings (SSSR count). The van der Waals surface area contributed by atoms with Crippen LogP contribution >= 0.6 is 0 Å². The van der Waals surface area contributed by atoms with E-state index in [-0.39, 0.29) is 6.61 Å². The largest absolute Gasteiger partial charge is 0.394 e. The molecule has 0 spiro atoms. The topological polar surface area (TPSA) is 40.5 Å². The normalized spacial score (nSPS) is 11.9. The fourth-order valence-electron chi connectivity index (χ4n) is 0.543. The van der Waals surface area contributed by atoms with Crippen LogP contribution in [0.25, 0.3) is 0 Å². The van der Waals surface area contributed by atoms with Gasteiger partial charge < -0.3 is 10.2 Å². The number of rotatable bonds is 3. The highest BCUT2D eigenvalue weighted by Gasteiger charge is 1.97. The van der Waals surface area contributed by atoms with Crippen LogP contribution in [-0.2, 0) is 0 Å². The van der Waals surface area contributed by atoms with Crippen LogP contribution in [0.4, 0.5) is 0 Å². The Kier molecular flexibility index (Phi) is 6.25. The van der Waals surface area contributed by atoms with Crippen molar-refractivity contribution in [3.63, 3.8) is 0 Å². The van der Waals surface area contributed by atoms with Crippen LogP contribution in [0.1, 0.15) is 26.2 Å². The molecule has 0 heterocycles. The monoisotopic (exact) mass is 142 g/mol. The number of aliphatic hydroxyl groups is 2. The first-order valence-corrected chi connectivity index (χ1v) is 3.56. The van der Waals surface area contributed by atoms with Gasteiger partial charge in [-0.15, -0.1) is 11.8 Å². The molecule has 0 unspecified atom stereocenters. The zero-order valence-electron chi connectivity index (χ0n) is 6.30. The molecule has 2 nitrogen and oxygen atoms in total. The molecule has 0 aliphatic heterocycles. The Morgan fingerprint density at radius 1 is 1.40 bits per heavy atom. The minimum Gasteiger partial charge on any atom is -0.394 e. The van der Waals surface area contributed by atoms with E-state index >= 15 is 0 Å². The lowest BCUT2D eigenvalue weighted by molar-refractivity contribution is 0.0895. The molecule has 0 aromatic rings. The van der Waals surface area contributed by atoms with Gasteiger partial charge in [0, 0.05) is 12.8 Å². The Morgan fingerprint density at radius 3 is 2.60 bits per heavy atom. The summed E-state index contributed by atoms with van der Waals surface area (Å²) in [6.07, 6.45) is 1.51. The lowest BCUT2D eigenvalue weighted by Gasteiger charge is -2.01. The summed E-state index contributed by atoms with van der Waals surface area (Å²) in [5.41, 5.74) is 0. The zero-order chi connectivity index (χ0) is 7.82. The standard InChI is InChI=1S/C8H14O2/c1-2-3-4-5-6-8(10)7-9/h8-10H,2,5-7H2,1H3/t8-/m1/s1. The molecule has 0 radical (unpaired) electrons. The van der Waals surface area contributed by atoms with E-state index in [1.165, 1.54) is 0 Å². The van der Waals surface area contributed by atoms with Gasteiger partial charge in [0.1, 0.15) is 0 Å². The molecule has 0 aliphatic rings. The molecular weight excluding hydrogens is 128 g/mol. The SMILES string of the molecule is CCC#CCC[C@@H](O)CO. The van der Waals surface area contributed by atoms with Crippen molar-refractivity contribution in [1.82, 2.24) is 0 Å². The summed E-state index contributed by atoms with van der Waals surface area (Å²) >= 11 is 0. The molecule has 0 aromatic heterocycles. The summed E-state index contributed by atoms with van der Waals surface area (Å²) < 4.78 is 0. The second-order valence-electron chi connectivity index (χ2n) is 2.08. The van der Waals surface area contributed by atoms with E-state index < -0.39 is 6.10 Å². The smallest absolute Gasteiger partial charge is 0.0780 e. The summed E-state index contributed by atoms with van der Waals surface area (Å²) in [4.78, 5) is 0. The van der Waals surface area contributed by atoms with Crippen LogP contribution in [0.15, 0.2) is 0 Å². The Balaban J connectivity index is 3.18. The molecule has 58 valence electrons. The third kappa shape index (κ3) is 5.61. The van der Waals surface area contributed by atoms with Crippen molar-refractivity contribution in [2.24, 2.45) is 0 Å². The van der Waals surface area contributed by atoms with Gasteiger partial charge in [-0.05, 0) is 6.42 Å². The van der Waals surface area contributed by atoms with Crippen LogP contribution < -0.4 is 0 Å². The second-order valence-corrected chi connectivity index (χ2v) is 2.08. The minimum atomic E-state index is -0.592. The molecule has 10 heavy (non-hydrogen) atoms. The average molecular weight is 142 g/mol. The molecule has 2 N–H and O–H groups in total. The number of hydrogen-bond donors (Lipinski definition) is 2. The molecule has 0 saturated heterocycles. The minimum absolute atomic E-state index is 0.159. The molecule has 0 saturated carbocycles. The Labute approximate surface area is 61.9 Å². The van der Waals surface area contributed by atoms with Crippen LogP contribution in [0, 0.1) is 11.8 Å². The zero-order valence-corrected chi connectivity index (χ0v) is 6.30. The average Bonchev–Trinajstić information content (AvgIpc) is 1.98. The summed E-state index contributed by atoms with van der Waals surface area (Å²) in [7, 11) is 0. The van der Waals surface area contributed by atoms with E-state index in [1.54, 1.807) is 0 Å². The third-order valence-electron chi connectivity index (χ3n) is 1.12. The van der Waals surface area contributed by atoms with E-state index in [0.717, 1.165) is 6.42 Å². The first-order valence-electron chi connectivity index (χ1n) is 3.56. The molecule has 2 heteroatoms. The van der Waals surface area contributed by atoms with Gasteiger partial charge in [0.25, 0.3) is 0 Å². The summed E-state index contributed by atoms with van der Waals surface area (Å²) in [5, 5.41) is 17.2. The van der Waals surface area contributed by atoms with Crippen molar-refractivity contribution < 1.29 is 10.2 Å². The van der Waals surface area contributed by atoms with Crippen molar-refractivity contribution in [3.05, 3.63) is 0 Å². The summed E-state index contributed by atoms with van der Waals surface area (Å²) in [6.45, 7) is 1.82. The fourth-order valence-corrected chi connectivity index (χ4v) is 0.543. The van der Waals surface area contributed by atoms with Crippen molar-refractivity contribution in [3.8, 4) is 11.8 Å². The van der Waals surface area contributed by atoms with E-state index in [9.17, 15) is 0 Å². The van der Waals surface area contributed by atoms with Crippen LogP contribution in [0.5, 0.6) is 0 Å². The van der Waals surface area contributed by atoms with Gasteiger partial charge in [0.15, 0.2) is 0 Å². The first-order chi connectivity index (χ1) is 4.81. The third-order valence-corrected chi connectivity index (χ3v) is 1.12. The Bertz CT molecular complexity index is 121. The van der Waals surface area contributed by atoms with Crippen molar-refractivity contribution >= 4 is 0 Å². The van der Waals surface area contributed by atoms with Gasteiger partial charge in [0.2, 0.25) is 0 Å². The second kappa shape index (κ2) is 6.60. The number of aliphatic hydroxyl groups excluding tert-OH is 2. The van der Waals surface area contributed by atoms with Crippen molar-refractivity contribution in [1.29, 1.82) is 0 Å². The quantitative estimate of drug-likeness (QED) is 0.564. The first kappa shape index (κ1) is 9.48. The Morgan fingerprint density at radius 2 is 2.10 bits per heavy atom. The maximum absolute atomic E-state index is 8.84. The molecule has 0 fully saturated rings. The molecule has 1 atom stereocenters. The molecule has 0 aromatic carbocycles. The summed E-state index contributed by atoms with van der Waals surface area (Å²) in [6, 6.07) is 0. The fraction of sp³-hybridized carbons (Fsp3) is 0.750. The van der Waals surface area contributed by atoms with Crippen LogP contribution in [0.2, 0.25) is 0 Å². The highest BCUT2D eigenvalue weighted by atomic mass is 16.3. The van der Waals surface area contributed by atoms with Gasteiger partial charge in [-0.1, -0.05) is 6.92 Å². The Hall–Kier alpha value is -0.520. The molecule has 0 amide bonds. The van der Waals surface area contributed by atoms with Gasteiger partial charge in [-0.2, -0.15) is 0 Å². The van der Waals surface area contributed by atoms with E-state index in [0.29, 0.717) is 12.8 Å². The lowest BCUT2D eigenvalue weighted by atomic mass is 10.2. The van der Waals surface area contributed by atoms with Gasteiger partial charge in [-0.3, -0.25) is 0 Å². The predicted molar refractivity (Wildman–Crippen MR) is 40.4 cm³/mol. The van der Waals surface area contributed by atoms with E-state index in [4.69, 9.17) is 10.2 Å². The molecular formula is C8H14O2. The highest BCUT2D eigenvalue weighted by molar-refractivity contribution is 4.97. The maximum atomic E-state index is 8.84. The van der Waals surface area contributed by atoms with Gasteiger partial charge >= 0.3 is 0 Å².